The van der Waals surface area contributed by atoms with Crippen molar-refractivity contribution in [3.63, 3.8) is 0 Å². The molecule has 0 radical (unpaired) electrons. The van der Waals surface area contributed by atoms with E-state index in [1.54, 1.807) is 0 Å². The number of carbonyl (C=O) groups excluding carboxylic acids is 1. The fourth-order valence-corrected chi connectivity index (χ4v) is 2.99. The molecular weight excluding hydrogens is 254 g/mol. The van der Waals surface area contributed by atoms with Crippen LogP contribution >= 0.6 is 0 Å². The van der Waals surface area contributed by atoms with E-state index in [1.807, 2.05) is 12.2 Å². The van der Waals surface area contributed by atoms with E-state index < -0.39 is 17.8 Å². The summed E-state index contributed by atoms with van der Waals surface area (Å²) in [6, 6.07) is 0. The predicted octanol–water partition coefficient (Wildman–Crippen LogP) is 2.66. The minimum atomic E-state index is -0.871. The number of hydrogen-bond donors (Lipinski definition) is 2. The zero-order chi connectivity index (χ0) is 14.4. The molecular formula is C16H23NO3. The Hall–Kier alpha value is -1.58. The van der Waals surface area contributed by atoms with Crippen LogP contribution in [0, 0.1) is 11.8 Å². The maximum Gasteiger partial charge on any atom is 0.307 e. The van der Waals surface area contributed by atoms with E-state index in [1.165, 1.54) is 18.4 Å². The van der Waals surface area contributed by atoms with Crippen molar-refractivity contribution in [2.45, 2.75) is 44.9 Å². The molecule has 0 unspecified atom stereocenters. The first-order chi connectivity index (χ1) is 9.68. The van der Waals surface area contributed by atoms with E-state index in [2.05, 4.69) is 11.4 Å². The van der Waals surface area contributed by atoms with Gasteiger partial charge in [-0.05, 0) is 44.9 Å². The molecule has 2 rings (SSSR count). The number of carboxylic acids is 1. The van der Waals surface area contributed by atoms with Crippen molar-refractivity contribution < 1.29 is 14.7 Å². The van der Waals surface area contributed by atoms with Gasteiger partial charge in [-0.25, -0.2) is 0 Å². The van der Waals surface area contributed by atoms with E-state index in [0.29, 0.717) is 19.4 Å². The van der Waals surface area contributed by atoms with Crippen molar-refractivity contribution in [1.29, 1.82) is 0 Å². The molecule has 0 saturated heterocycles. The number of rotatable bonds is 5. The van der Waals surface area contributed by atoms with Crippen LogP contribution in [0.4, 0.5) is 0 Å². The summed E-state index contributed by atoms with van der Waals surface area (Å²) >= 11 is 0. The summed E-state index contributed by atoms with van der Waals surface area (Å²) in [5.41, 5.74) is 1.43. The lowest BCUT2D eigenvalue weighted by atomic mass is 9.82. The number of amides is 1. The van der Waals surface area contributed by atoms with Crippen LogP contribution in [0.5, 0.6) is 0 Å². The molecule has 0 fully saturated rings. The highest BCUT2D eigenvalue weighted by atomic mass is 16.4. The molecule has 110 valence electrons. The lowest BCUT2D eigenvalue weighted by Gasteiger charge is -2.24. The smallest absolute Gasteiger partial charge is 0.307 e. The molecule has 0 aromatic rings. The monoisotopic (exact) mass is 277 g/mol. The molecule has 0 spiro atoms. The van der Waals surface area contributed by atoms with Gasteiger partial charge in [-0.2, -0.15) is 0 Å². The Kier molecular flexibility index (Phi) is 5.39. The van der Waals surface area contributed by atoms with Crippen LogP contribution in [0.3, 0.4) is 0 Å². The topological polar surface area (TPSA) is 66.4 Å². The number of carboxylic acid groups (broad SMARTS) is 1. The molecule has 20 heavy (non-hydrogen) atoms. The third-order valence-corrected chi connectivity index (χ3v) is 4.22. The molecule has 1 amide bonds. The molecule has 0 heterocycles. The first-order valence-corrected chi connectivity index (χ1v) is 7.52. The molecule has 4 nitrogen and oxygen atoms in total. The molecule has 0 bridgehead atoms. The van der Waals surface area contributed by atoms with Gasteiger partial charge < -0.3 is 10.4 Å². The molecule has 2 aliphatic carbocycles. The van der Waals surface area contributed by atoms with Gasteiger partial charge in [-0.1, -0.05) is 23.8 Å². The Morgan fingerprint density at radius 1 is 1.20 bits per heavy atom. The zero-order valence-corrected chi connectivity index (χ0v) is 11.8. The lowest BCUT2D eigenvalue weighted by Crippen LogP contribution is -2.39. The maximum atomic E-state index is 12.1. The van der Waals surface area contributed by atoms with Gasteiger partial charge >= 0.3 is 5.97 Å². The van der Waals surface area contributed by atoms with E-state index in [-0.39, 0.29) is 5.91 Å². The summed E-state index contributed by atoms with van der Waals surface area (Å²) in [5.74, 6) is -1.98. The summed E-state index contributed by atoms with van der Waals surface area (Å²) in [6.45, 7) is 0.622. The van der Waals surface area contributed by atoms with Gasteiger partial charge in [0.1, 0.15) is 0 Å². The standard InChI is InChI=1S/C16H23NO3/c18-15(13-8-4-5-9-14(13)16(19)20)17-11-10-12-6-2-1-3-7-12/h4-6,13-14H,1-3,7-11H2,(H,17,18)(H,19,20)/t13-,14+/m1/s1. The van der Waals surface area contributed by atoms with Crippen LogP contribution in [-0.2, 0) is 9.59 Å². The minimum absolute atomic E-state index is 0.113. The number of carbonyl (C=O) groups is 2. The maximum absolute atomic E-state index is 12.1. The second kappa shape index (κ2) is 7.27. The molecule has 2 aliphatic rings. The van der Waals surface area contributed by atoms with Gasteiger partial charge in [0.25, 0.3) is 0 Å². The second-order valence-corrected chi connectivity index (χ2v) is 5.64. The molecule has 2 atom stereocenters. The summed E-state index contributed by atoms with van der Waals surface area (Å²) in [5, 5.41) is 12.1. The third-order valence-electron chi connectivity index (χ3n) is 4.22. The van der Waals surface area contributed by atoms with Gasteiger partial charge in [-0.3, -0.25) is 9.59 Å². The Morgan fingerprint density at radius 3 is 2.60 bits per heavy atom. The van der Waals surface area contributed by atoms with Crippen LogP contribution in [0.15, 0.2) is 23.8 Å². The average Bonchev–Trinajstić information content (AvgIpc) is 2.48. The highest BCUT2D eigenvalue weighted by molar-refractivity contribution is 5.85. The van der Waals surface area contributed by atoms with Gasteiger partial charge in [0.2, 0.25) is 5.91 Å². The molecule has 0 aromatic carbocycles. The minimum Gasteiger partial charge on any atom is -0.481 e. The summed E-state index contributed by atoms with van der Waals surface area (Å²) < 4.78 is 0. The normalized spacial score (nSPS) is 25.9. The van der Waals surface area contributed by atoms with Crippen molar-refractivity contribution in [3.8, 4) is 0 Å². The van der Waals surface area contributed by atoms with Crippen LogP contribution in [0.25, 0.3) is 0 Å². The van der Waals surface area contributed by atoms with Crippen LogP contribution in [0.2, 0.25) is 0 Å². The van der Waals surface area contributed by atoms with E-state index >= 15 is 0 Å². The number of allylic oxidation sites excluding steroid dienone is 3. The Bertz CT molecular complexity index is 425. The van der Waals surface area contributed by atoms with Gasteiger partial charge in [0, 0.05) is 6.54 Å². The molecule has 4 heteroatoms. The van der Waals surface area contributed by atoms with Crippen molar-refractivity contribution in [2.24, 2.45) is 11.8 Å². The zero-order valence-electron chi connectivity index (χ0n) is 11.8. The van der Waals surface area contributed by atoms with Crippen molar-refractivity contribution >= 4 is 11.9 Å². The van der Waals surface area contributed by atoms with Crippen molar-refractivity contribution in [2.75, 3.05) is 6.54 Å². The van der Waals surface area contributed by atoms with E-state index in [9.17, 15) is 9.59 Å². The van der Waals surface area contributed by atoms with Crippen molar-refractivity contribution in [1.82, 2.24) is 5.32 Å². The van der Waals surface area contributed by atoms with Crippen molar-refractivity contribution in [3.05, 3.63) is 23.8 Å². The fraction of sp³-hybridized carbons (Fsp3) is 0.625. The largest absolute Gasteiger partial charge is 0.481 e. The van der Waals surface area contributed by atoms with Crippen LogP contribution < -0.4 is 5.32 Å². The van der Waals surface area contributed by atoms with Gasteiger partial charge in [0.15, 0.2) is 0 Å². The summed E-state index contributed by atoms with van der Waals surface area (Å²) in [7, 11) is 0. The Morgan fingerprint density at radius 2 is 1.95 bits per heavy atom. The molecule has 2 N–H and O–H groups in total. The number of aliphatic carboxylic acids is 1. The SMILES string of the molecule is O=C(O)[C@H]1CC=CC[C@H]1C(=O)NCCC1=CCCCC1. The fourth-order valence-electron chi connectivity index (χ4n) is 2.99. The highest BCUT2D eigenvalue weighted by Crippen LogP contribution is 2.26. The highest BCUT2D eigenvalue weighted by Gasteiger charge is 2.33. The first-order valence-electron chi connectivity index (χ1n) is 7.52. The first kappa shape index (κ1) is 14.8. The lowest BCUT2D eigenvalue weighted by molar-refractivity contribution is -0.147. The van der Waals surface area contributed by atoms with E-state index in [4.69, 9.17) is 5.11 Å². The quantitative estimate of drug-likeness (QED) is 0.759. The predicted molar refractivity (Wildman–Crippen MR) is 77.2 cm³/mol. The van der Waals surface area contributed by atoms with Gasteiger partial charge in [0.05, 0.1) is 11.8 Å². The molecule has 0 saturated carbocycles. The Balaban J connectivity index is 1.80. The average molecular weight is 277 g/mol. The number of hydrogen-bond acceptors (Lipinski definition) is 2. The summed E-state index contributed by atoms with van der Waals surface area (Å²) in [4.78, 5) is 23.3. The molecule has 0 aliphatic heterocycles. The summed E-state index contributed by atoms with van der Waals surface area (Å²) in [6.07, 6.45) is 12.7. The van der Waals surface area contributed by atoms with Gasteiger partial charge in [-0.15, -0.1) is 0 Å². The third kappa shape index (κ3) is 3.95. The number of nitrogens with one attached hydrogen (secondary N) is 1. The Labute approximate surface area is 119 Å². The second-order valence-electron chi connectivity index (χ2n) is 5.64. The van der Waals surface area contributed by atoms with Crippen LogP contribution in [0.1, 0.15) is 44.9 Å². The van der Waals surface area contributed by atoms with E-state index in [0.717, 1.165) is 19.3 Å². The van der Waals surface area contributed by atoms with Crippen LogP contribution in [-0.4, -0.2) is 23.5 Å². The molecule has 0 aromatic heterocycles.